The smallest absolute Gasteiger partial charge is 0.416 e. The van der Waals surface area contributed by atoms with Gasteiger partial charge in [-0.3, -0.25) is 0 Å². The fraction of sp³-hybridized carbons (Fsp3) is 0.286. The summed E-state index contributed by atoms with van der Waals surface area (Å²) < 4.78 is 48.1. The van der Waals surface area contributed by atoms with Crippen LogP contribution in [0.15, 0.2) is 46.6 Å². The number of rotatable bonds is 4. The minimum atomic E-state index is -4.38. The Morgan fingerprint density at radius 1 is 1.38 bits per heavy atom. The number of aliphatic hydroxyl groups is 1. The van der Waals surface area contributed by atoms with E-state index in [0.29, 0.717) is 10.5 Å². The van der Waals surface area contributed by atoms with Gasteiger partial charge in [0.15, 0.2) is 0 Å². The first-order valence-electron chi connectivity index (χ1n) is 6.00. The molecule has 1 aromatic carbocycles. The molecule has 1 atom stereocenters. The summed E-state index contributed by atoms with van der Waals surface area (Å²) in [4.78, 5) is 0.476. The fourth-order valence-electron chi connectivity index (χ4n) is 1.77. The molecule has 0 aromatic heterocycles. The molecule has 0 saturated carbocycles. The van der Waals surface area contributed by atoms with Gasteiger partial charge in [-0.25, -0.2) is 0 Å². The van der Waals surface area contributed by atoms with Gasteiger partial charge in [0.2, 0.25) is 0 Å². The molecule has 1 heterocycles. The number of halogens is 3. The van der Waals surface area contributed by atoms with E-state index in [2.05, 4.69) is 0 Å². The molecule has 3 nitrogen and oxygen atoms in total. The first-order chi connectivity index (χ1) is 9.91. The summed E-state index contributed by atoms with van der Waals surface area (Å²) in [6.45, 7) is -0.0000189. The van der Waals surface area contributed by atoms with Crippen LogP contribution in [-0.4, -0.2) is 18.3 Å². The van der Waals surface area contributed by atoms with E-state index < -0.39 is 17.8 Å². The Hall–Kier alpha value is -1.60. The van der Waals surface area contributed by atoms with E-state index in [-0.39, 0.29) is 12.6 Å². The highest BCUT2D eigenvalue weighted by Gasteiger charge is 2.30. The minimum Gasteiger partial charge on any atom is -0.480 e. The number of methoxy groups -OCH3 is 1. The lowest BCUT2D eigenvalue weighted by molar-refractivity contribution is -0.137. The van der Waals surface area contributed by atoms with Crippen LogP contribution in [0.4, 0.5) is 13.2 Å². The molecule has 114 valence electrons. The van der Waals surface area contributed by atoms with Crippen LogP contribution in [0.1, 0.15) is 11.1 Å². The van der Waals surface area contributed by atoms with E-state index in [9.17, 15) is 18.3 Å². The number of thioether (sulfide) groups is 1. The Labute approximate surface area is 124 Å². The summed E-state index contributed by atoms with van der Waals surface area (Å²) in [6, 6.07) is 4.95. The quantitative estimate of drug-likeness (QED) is 0.844. The molecule has 0 radical (unpaired) electrons. The third-order valence-corrected chi connectivity index (χ3v) is 3.75. The van der Waals surface area contributed by atoms with Crippen molar-refractivity contribution in [3.05, 3.63) is 57.7 Å². The maximum Gasteiger partial charge on any atom is 0.416 e. The van der Waals surface area contributed by atoms with E-state index in [1.807, 2.05) is 0 Å². The van der Waals surface area contributed by atoms with Gasteiger partial charge in [-0.1, -0.05) is 23.9 Å². The first kappa shape index (κ1) is 15.8. The van der Waals surface area contributed by atoms with E-state index >= 15 is 0 Å². The number of ether oxygens (including phenoxy) is 2. The molecule has 0 unspecified atom stereocenters. The van der Waals surface area contributed by atoms with E-state index in [1.165, 1.54) is 24.9 Å². The highest BCUT2D eigenvalue weighted by molar-refractivity contribution is 8.06. The van der Waals surface area contributed by atoms with Crippen LogP contribution in [0, 0.1) is 0 Å². The standard InChI is InChI=1S/C14H13F3O3S/c1-19-13(18)12-11(5-6-21-12)20-8-9-3-2-4-10(7-9)14(15,16)17/h2-7,11,18H,8H2,1H3/b13-12+/t11-/m1/s1. The highest BCUT2D eigenvalue weighted by Crippen LogP contribution is 2.34. The monoisotopic (exact) mass is 318 g/mol. The summed E-state index contributed by atoms with van der Waals surface area (Å²) in [7, 11) is 1.32. The third-order valence-electron chi connectivity index (χ3n) is 2.79. The van der Waals surface area contributed by atoms with Gasteiger partial charge in [-0.2, -0.15) is 13.2 Å². The van der Waals surface area contributed by atoms with Gasteiger partial charge >= 0.3 is 6.18 Å². The van der Waals surface area contributed by atoms with Crippen molar-refractivity contribution < 1.29 is 27.8 Å². The van der Waals surface area contributed by atoms with Crippen molar-refractivity contribution >= 4 is 11.8 Å². The number of benzene rings is 1. The Kier molecular flexibility index (Phi) is 4.84. The zero-order valence-corrected chi connectivity index (χ0v) is 11.9. The highest BCUT2D eigenvalue weighted by atomic mass is 32.2. The van der Waals surface area contributed by atoms with Crippen molar-refractivity contribution in [2.75, 3.05) is 7.11 Å². The van der Waals surface area contributed by atoms with Crippen LogP contribution in [0.5, 0.6) is 0 Å². The van der Waals surface area contributed by atoms with Crippen LogP contribution in [-0.2, 0) is 22.3 Å². The number of alkyl halides is 3. The zero-order chi connectivity index (χ0) is 15.5. The van der Waals surface area contributed by atoms with Gasteiger partial charge in [0.1, 0.15) is 11.0 Å². The van der Waals surface area contributed by atoms with Crippen LogP contribution in [0.2, 0.25) is 0 Å². The lowest BCUT2D eigenvalue weighted by Gasteiger charge is -2.14. The summed E-state index contributed by atoms with van der Waals surface area (Å²) in [5.74, 6) is -0.251. The van der Waals surface area contributed by atoms with Gasteiger partial charge < -0.3 is 14.6 Å². The summed E-state index contributed by atoms with van der Waals surface area (Å²) in [5, 5.41) is 11.3. The van der Waals surface area contributed by atoms with Crippen molar-refractivity contribution in [3.63, 3.8) is 0 Å². The van der Waals surface area contributed by atoms with Crippen molar-refractivity contribution in [2.24, 2.45) is 0 Å². The average Bonchev–Trinajstić information content (AvgIpc) is 2.92. The molecule has 1 aliphatic heterocycles. The molecular formula is C14H13F3O3S. The maximum absolute atomic E-state index is 12.6. The van der Waals surface area contributed by atoms with Gasteiger partial charge in [0.25, 0.3) is 5.95 Å². The van der Waals surface area contributed by atoms with Crippen LogP contribution < -0.4 is 0 Å². The number of hydrogen-bond donors (Lipinski definition) is 1. The van der Waals surface area contributed by atoms with Gasteiger partial charge in [0.05, 0.1) is 19.3 Å². The molecule has 0 amide bonds. The summed E-state index contributed by atoms with van der Waals surface area (Å²) >= 11 is 1.24. The topological polar surface area (TPSA) is 38.7 Å². The molecule has 0 saturated heterocycles. The molecule has 0 bridgehead atoms. The molecular weight excluding hydrogens is 305 g/mol. The predicted octanol–water partition coefficient (Wildman–Crippen LogP) is 4.22. The Balaban J connectivity index is 2.05. The summed E-state index contributed by atoms with van der Waals surface area (Å²) in [5.41, 5.74) is -0.304. The van der Waals surface area contributed by atoms with Gasteiger partial charge in [-0.15, -0.1) is 0 Å². The second kappa shape index (κ2) is 6.44. The number of aliphatic hydroxyl groups excluding tert-OH is 1. The van der Waals surface area contributed by atoms with Crippen molar-refractivity contribution in [1.82, 2.24) is 0 Å². The lowest BCUT2D eigenvalue weighted by atomic mass is 10.1. The molecule has 1 N–H and O–H groups in total. The van der Waals surface area contributed by atoms with E-state index in [1.54, 1.807) is 17.6 Å². The fourth-order valence-corrected chi connectivity index (χ4v) is 2.60. The SMILES string of the molecule is CO/C(O)=C1/SC=C[C@H]1OCc1cccc(C(F)(F)F)c1. The van der Waals surface area contributed by atoms with Crippen molar-refractivity contribution in [3.8, 4) is 0 Å². The van der Waals surface area contributed by atoms with Gasteiger partial charge in [0, 0.05) is 0 Å². The zero-order valence-electron chi connectivity index (χ0n) is 11.1. The lowest BCUT2D eigenvalue weighted by Crippen LogP contribution is -2.12. The van der Waals surface area contributed by atoms with Crippen LogP contribution in [0.3, 0.4) is 0 Å². The Morgan fingerprint density at radius 3 is 2.81 bits per heavy atom. The summed E-state index contributed by atoms with van der Waals surface area (Å²) in [6.07, 6.45) is -3.20. The molecule has 0 spiro atoms. The molecule has 1 aliphatic rings. The second-order valence-corrected chi connectivity index (χ2v) is 5.20. The van der Waals surface area contributed by atoms with E-state index in [0.717, 1.165) is 12.1 Å². The first-order valence-corrected chi connectivity index (χ1v) is 6.88. The minimum absolute atomic E-state index is 0.0000189. The molecule has 0 aliphatic carbocycles. The third kappa shape index (κ3) is 3.95. The van der Waals surface area contributed by atoms with Crippen molar-refractivity contribution in [2.45, 2.75) is 18.9 Å². The molecule has 21 heavy (non-hydrogen) atoms. The van der Waals surface area contributed by atoms with Crippen LogP contribution in [0.25, 0.3) is 0 Å². The maximum atomic E-state index is 12.6. The van der Waals surface area contributed by atoms with Crippen molar-refractivity contribution in [1.29, 1.82) is 0 Å². The molecule has 7 heteroatoms. The second-order valence-electron chi connectivity index (χ2n) is 4.25. The molecule has 0 fully saturated rings. The molecule has 1 aromatic rings. The normalized spacial score (nSPS) is 20.7. The predicted molar refractivity (Wildman–Crippen MR) is 73.4 cm³/mol. The van der Waals surface area contributed by atoms with Gasteiger partial charge in [-0.05, 0) is 29.2 Å². The number of hydrogen-bond acceptors (Lipinski definition) is 4. The molecule has 2 rings (SSSR count). The van der Waals surface area contributed by atoms with Crippen LogP contribution >= 0.6 is 11.8 Å². The van der Waals surface area contributed by atoms with E-state index in [4.69, 9.17) is 9.47 Å². The average molecular weight is 318 g/mol. The largest absolute Gasteiger partial charge is 0.480 e. The Bertz CT molecular complexity index is 567. The Morgan fingerprint density at radius 2 is 2.14 bits per heavy atom.